The van der Waals surface area contributed by atoms with E-state index in [2.05, 4.69) is 10.3 Å². The highest BCUT2D eigenvalue weighted by atomic mass is 16.6. The number of nitrogens with two attached hydrogens (primary N) is 1. The summed E-state index contributed by atoms with van der Waals surface area (Å²) >= 11 is 0. The molecular weight excluding hydrogens is 272 g/mol. The molecule has 0 aliphatic heterocycles. The second kappa shape index (κ2) is 6.25. The first-order valence-electron chi connectivity index (χ1n) is 6.78. The molecule has 2 amide bonds. The Morgan fingerprint density at radius 2 is 2.19 bits per heavy atom. The van der Waals surface area contributed by atoms with Crippen molar-refractivity contribution in [3.63, 3.8) is 0 Å². The molecule has 21 heavy (non-hydrogen) atoms. The molecule has 0 radical (unpaired) electrons. The van der Waals surface area contributed by atoms with Gasteiger partial charge in [0.1, 0.15) is 0 Å². The Balaban J connectivity index is 2.45. The minimum atomic E-state index is -1.01. The van der Waals surface area contributed by atoms with E-state index >= 15 is 0 Å². The predicted octanol–water partition coefficient (Wildman–Crippen LogP) is 2.16. The molecule has 0 saturated carbocycles. The molecule has 0 bridgehead atoms. The highest BCUT2D eigenvalue weighted by molar-refractivity contribution is 5.92. The summed E-state index contributed by atoms with van der Waals surface area (Å²) in [6, 6.07) is 4.89. The van der Waals surface area contributed by atoms with Crippen LogP contribution in [0.4, 0.5) is 9.59 Å². The van der Waals surface area contributed by atoms with Crippen molar-refractivity contribution in [1.82, 2.24) is 14.9 Å². The third kappa shape index (κ3) is 3.13. The number of ether oxygens (including phenoxy) is 1. The summed E-state index contributed by atoms with van der Waals surface area (Å²) < 4.78 is 6.07. The molecule has 0 spiro atoms. The summed E-state index contributed by atoms with van der Waals surface area (Å²) in [5.41, 5.74) is 7.07. The topological polar surface area (TPSA) is 99.2 Å². The van der Waals surface area contributed by atoms with Gasteiger partial charge in [-0.2, -0.15) is 4.98 Å². The van der Waals surface area contributed by atoms with E-state index in [-0.39, 0.29) is 6.01 Å². The maximum Gasteiger partial charge on any atom is 0.412 e. The molecule has 1 aromatic heterocycles. The molecule has 0 unspecified atom stereocenters. The van der Waals surface area contributed by atoms with E-state index in [9.17, 15) is 9.59 Å². The Morgan fingerprint density at radius 3 is 2.86 bits per heavy atom. The second-order valence-corrected chi connectivity index (χ2v) is 4.68. The Kier molecular flexibility index (Phi) is 4.42. The molecule has 7 heteroatoms. The number of carbonyl (C=O) groups excluding carboxylic acids is 2. The fourth-order valence-corrected chi connectivity index (χ4v) is 2.02. The molecule has 2 aromatic rings. The quantitative estimate of drug-likeness (QED) is 0.843. The molecule has 1 aromatic carbocycles. The maximum absolute atomic E-state index is 12.3. The minimum Gasteiger partial charge on any atom is -0.375 e. The van der Waals surface area contributed by atoms with E-state index in [0.29, 0.717) is 17.6 Å². The van der Waals surface area contributed by atoms with Crippen molar-refractivity contribution >= 4 is 23.2 Å². The number of carbonyl (C=O) groups is 2. The van der Waals surface area contributed by atoms with Crippen LogP contribution in [0.3, 0.4) is 0 Å². The summed E-state index contributed by atoms with van der Waals surface area (Å²) in [5.74, 6) is 0. The van der Waals surface area contributed by atoms with E-state index in [1.54, 1.807) is 6.07 Å². The lowest BCUT2D eigenvalue weighted by Gasteiger charge is -2.08. The Labute approximate surface area is 122 Å². The Morgan fingerprint density at radius 1 is 1.43 bits per heavy atom. The zero-order valence-electron chi connectivity index (χ0n) is 12.0. The Hall–Kier alpha value is -2.57. The van der Waals surface area contributed by atoms with Gasteiger partial charge in [-0.15, -0.1) is 0 Å². The number of aryl methyl sites for hydroxylation is 1. The smallest absolute Gasteiger partial charge is 0.375 e. The summed E-state index contributed by atoms with van der Waals surface area (Å²) in [4.78, 5) is 27.4. The molecule has 0 aliphatic carbocycles. The van der Waals surface area contributed by atoms with Crippen LogP contribution in [0.2, 0.25) is 0 Å². The number of imidazole rings is 1. The highest BCUT2D eigenvalue weighted by Crippen LogP contribution is 2.23. The first-order chi connectivity index (χ1) is 10.0. The van der Waals surface area contributed by atoms with Crippen molar-refractivity contribution in [2.75, 3.05) is 6.54 Å². The number of rotatable bonds is 4. The zero-order chi connectivity index (χ0) is 15.4. The van der Waals surface area contributed by atoms with Gasteiger partial charge in [0.25, 0.3) is 0 Å². The van der Waals surface area contributed by atoms with Crippen LogP contribution in [0.1, 0.15) is 25.3 Å². The van der Waals surface area contributed by atoms with Gasteiger partial charge in [0.05, 0.1) is 11.0 Å². The van der Waals surface area contributed by atoms with Gasteiger partial charge >= 0.3 is 18.1 Å². The first kappa shape index (κ1) is 14.8. The third-order valence-electron chi connectivity index (χ3n) is 3.06. The number of nitrogens with zero attached hydrogens (tertiary/aromatic N) is 2. The van der Waals surface area contributed by atoms with Gasteiger partial charge in [-0.1, -0.05) is 25.5 Å². The lowest BCUT2D eigenvalue weighted by Crippen LogP contribution is -2.30. The average molecular weight is 290 g/mol. The van der Waals surface area contributed by atoms with Gasteiger partial charge in [0.15, 0.2) is 0 Å². The van der Waals surface area contributed by atoms with Gasteiger partial charge in [0.2, 0.25) is 0 Å². The molecule has 3 N–H and O–H groups in total. The molecule has 1 heterocycles. The van der Waals surface area contributed by atoms with Crippen LogP contribution < -0.4 is 15.8 Å². The summed E-state index contributed by atoms with van der Waals surface area (Å²) in [6.07, 6.45) is 0.823. The molecule has 0 saturated heterocycles. The van der Waals surface area contributed by atoms with Gasteiger partial charge < -0.3 is 15.8 Å². The summed E-state index contributed by atoms with van der Waals surface area (Å²) in [7, 11) is 0. The summed E-state index contributed by atoms with van der Waals surface area (Å²) in [5, 5.41) is 2.76. The van der Waals surface area contributed by atoms with Crippen LogP contribution in [0.25, 0.3) is 11.0 Å². The fourth-order valence-electron chi connectivity index (χ4n) is 2.02. The van der Waals surface area contributed by atoms with E-state index < -0.39 is 12.1 Å². The molecule has 7 nitrogen and oxygen atoms in total. The van der Waals surface area contributed by atoms with Gasteiger partial charge in [0, 0.05) is 6.54 Å². The normalized spacial score (nSPS) is 10.6. The van der Waals surface area contributed by atoms with E-state index in [4.69, 9.17) is 10.5 Å². The standard InChI is InChI=1S/C14H18N4O3/c1-3-4-8-16-13(20)18-10-7-5-6-9(2)11(10)17-14(18)21-12(15)19/h5-7H,3-4,8H2,1-2H3,(H2,15,19)(H,16,20). The lowest BCUT2D eigenvalue weighted by molar-refractivity contribution is 0.204. The van der Waals surface area contributed by atoms with Crippen molar-refractivity contribution in [1.29, 1.82) is 0 Å². The molecular formula is C14H18N4O3. The van der Waals surface area contributed by atoms with Crippen LogP contribution >= 0.6 is 0 Å². The van der Waals surface area contributed by atoms with Crippen LogP contribution in [-0.2, 0) is 0 Å². The number of fused-ring (bicyclic) bond motifs is 1. The van der Waals surface area contributed by atoms with E-state index in [1.165, 1.54) is 4.57 Å². The van der Waals surface area contributed by atoms with Gasteiger partial charge in [-0.25, -0.2) is 14.2 Å². The van der Waals surface area contributed by atoms with Crippen LogP contribution in [0.15, 0.2) is 18.2 Å². The number of amides is 2. The molecule has 112 valence electrons. The van der Waals surface area contributed by atoms with Crippen LogP contribution in [0, 0.1) is 6.92 Å². The number of para-hydroxylation sites is 1. The zero-order valence-corrected chi connectivity index (χ0v) is 12.0. The molecule has 0 fully saturated rings. The second-order valence-electron chi connectivity index (χ2n) is 4.68. The lowest BCUT2D eigenvalue weighted by atomic mass is 10.2. The maximum atomic E-state index is 12.3. The van der Waals surface area contributed by atoms with Crippen molar-refractivity contribution in [3.8, 4) is 6.01 Å². The first-order valence-corrected chi connectivity index (χ1v) is 6.78. The number of hydrogen-bond donors (Lipinski definition) is 2. The monoisotopic (exact) mass is 290 g/mol. The van der Waals surface area contributed by atoms with Crippen molar-refractivity contribution in [3.05, 3.63) is 23.8 Å². The Bertz CT molecular complexity index is 678. The fraction of sp³-hybridized carbons (Fsp3) is 0.357. The number of aromatic nitrogens is 2. The van der Waals surface area contributed by atoms with Crippen molar-refractivity contribution in [2.45, 2.75) is 26.7 Å². The van der Waals surface area contributed by atoms with Crippen LogP contribution in [-0.4, -0.2) is 28.2 Å². The molecule has 2 rings (SSSR count). The minimum absolute atomic E-state index is 0.124. The number of hydrogen-bond acceptors (Lipinski definition) is 4. The predicted molar refractivity (Wildman–Crippen MR) is 78.4 cm³/mol. The number of nitrogens with one attached hydrogen (secondary N) is 1. The average Bonchev–Trinajstić information content (AvgIpc) is 2.77. The van der Waals surface area contributed by atoms with Crippen LogP contribution in [0.5, 0.6) is 6.01 Å². The largest absolute Gasteiger partial charge is 0.412 e. The third-order valence-corrected chi connectivity index (χ3v) is 3.06. The SMILES string of the molecule is CCCCNC(=O)n1c(OC(N)=O)nc2c(C)cccc21. The number of primary amides is 1. The summed E-state index contributed by atoms with van der Waals surface area (Å²) in [6.45, 7) is 4.43. The molecule has 0 aliphatic rings. The van der Waals surface area contributed by atoms with E-state index in [0.717, 1.165) is 18.4 Å². The number of unbranched alkanes of at least 4 members (excludes halogenated alkanes) is 1. The van der Waals surface area contributed by atoms with E-state index in [1.807, 2.05) is 26.0 Å². The molecule has 0 atom stereocenters. The highest BCUT2D eigenvalue weighted by Gasteiger charge is 2.20. The van der Waals surface area contributed by atoms with Crippen molar-refractivity contribution in [2.24, 2.45) is 5.73 Å². The van der Waals surface area contributed by atoms with Gasteiger partial charge in [-0.3, -0.25) is 0 Å². The van der Waals surface area contributed by atoms with Gasteiger partial charge in [-0.05, 0) is 25.0 Å². The van der Waals surface area contributed by atoms with Crippen molar-refractivity contribution < 1.29 is 14.3 Å². The number of benzene rings is 1.